The minimum atomic E-state index is -0.685. The lowest BCUT2D eigenvalue weighted by Crippen LogP contribution is -2.43. The Hall–Kier alpha value is -2.11. The number of unbranched alkanes of at least 4 members (excludes halogenated alkanes) is 1. The fourth-order valence-corrected chi connectivity index (χ4v) is 4.25. The SMILES string of the molecule is CCCCn1c(N)c(N(CCOC)C(=O)CSc2nc(C)cs2)c(=O)[nH]c1=O. The monoisotopic (exact) mass is 427 g/mol. The molecule has 1 amide bonds. The zero-order valence-corrected chi connectivity index (χ0v) is 17.8. The molecule has 0 atom stereocenters. The molecule has 3 N–H and O–H groups in total. The van der Waals surface area contributed by atoms with Gasteiger partial charge in [0.15, 0.2) is 10.0 Å². The predicted molar refractivity (Wildman–Crippen MR) is 112 cm³/mol. The lowest BCUT2D eigenvalue weighted by atomic mass is 10.3. The molecular weight excluding hydrogens is 402 g/mol. The van der Waals surface area contributed by atoms with Crippen LogP contribution in [0.2, 0.25) is 0 Å². The minimum absolute atomic E-state index is 0.0123. The van der Waals surface area contributed by atoms with E-state index >= 15 is 0 Å². The smallest absolute Gasteiger partial charge is 0.330 e. The summed E-state index contributed by atoms with van der Waals surface area (Å²) in [6.07, 6.45) is 1.58. The second-order valence-corrected chi connectivity index (χ2v) is 8.16. The van der Waals surface area contributed by atoms with E-state index < -0.39 is 11.2 Å². The van der Waals surface area contributed by atoms with Gasteiger partial charge in [-0.2, -0.15) is 0 Å². The van der Waals surface area contributed by atoms with Crippen LogP contribution in [0.3, 0.4) is 0 Å². The molecule has 154 valence electrons. The first-order valence-corrected chi connectivity index (χ1v) is 10.7. The molecule has 0 unspecified atom stereocenters. The molecule has 2 rings (SSSR count). The lowest BCUT2D eigenvalue weighted by molar-refractivity contribution is -0.116. The number of rotatable bonds is 10. The number of ether oxygens (including phenoxy) is 1. The van der Waals surface area contributed by atoms with Crippen LogP contribution in [0.1, 0.15) is 25.5 Å². The maximum atomic E-state index is 12.9. The number of hydrogen-bond acceptors (Lipinski definition) is 8. The van der Waals surface area contributed by atoms with Crippen molar-refractivity contribution in [1.29, 1.82) is 0 Å². The normalized spacial score (nSPS) is 11.0. The number of methoxy groups -OCH3 is 1. The van der Waals surface area contributed by atoms with E-state index in [1.54, 1.807) is 0 Å². The van der Waals surface area contributed by atoms with Gasteiger partial charge in [-0.3, -0.25) is 19.1 Å². The molecule has 0 fully saturated rings. The van der Waals surface area contributed by atoms with Crippen LogP contribution in [0.25, 0.3) is 0 Å². The topological polar surface area (TPSA) is 123 Å². The molecule has 0 aliphatic heterocycles. The number of nitrogens with two attached hydrogens (primary N) is 1. The van der Waals surface area contributed by atoms with Crippen molar-refractivity contribution >= 4 is 40.5 Å². The molecule has 0 saturated carbocycles. The van der Waals surface area contributed by atoms with Crippen LogP contribution in [0.15, 0.2) is 19.3 Å². The van der Waals surface area contributed by atoms with E-state index in [0.29, 0.717) is 6.54 Å². The first-order valence-electron chi connectivity index (χ1n) is 8.85. The maximum absolute atomic E-state index is 12.9. The van der Waals surface area contributed by atoms with E-state index in [0.717, 1.165) is 22.9 Å². The number of thiazole rings is 1. The van der Waals surface area contributed by atoms with E-state index in [4.69, 9.17) is 10.5 Å². The third kappa shape index (κ3) is 5.46. The van der Waals surface area contributed by atoms with Gasteiger partial charge in [-0.15, -0.1) is 11.3 Å². The van der Waals surface area contributed by atoms with Gasteiger partial charge in [-0.1, -0.05) is 25.1 Å². The van der Waals surface area contributed by atoms with Gasteiger partial charge < -0.3 is 15.4 Å². The number of aryl methyl sites for hydroxylation is 1. The van der Waals surface area contributed by atoms with E-state index in [9.17, 15) is 14.4 Å². The summed E-state index contributed by atoms with van der Waals surface area (Å²) in [7, 11) is 1.51. The zero-order valence-electron chi connectivity index (χ0n) is 16.2. The third-order valence-electron chi connectivity index (χ3n) is 3.96. The van der Waals surface area contributed by atoms with Gasteiger partial charge in [0.1, 0.15) is 5.82 Å². The van der Waals surface area contributed by atoms with E-state index in [-0.39, 0.29) is 36.3 Å². The fraction of sp³-hybridized carbons (Fsp3) is 0.529. The summed E-state index contributed by atoms with van der Waals surface area (Å²) in [5.41, 5.74) is 5.74. The molecule has 0 bridgehead atoms. The van der Waals surface area contributed by atoms with Crippen molar-refractivity contribution in [2.45, 2.75) is 37.6 Å². The van der Waals surface area contributed by atoms with Crippen molar-refractivity contribution in [2.24, 2.45) is 0 Å². The third-order valence-corrected chi connectivity index (χ3v) is 6.08. The summed E-state index contributed by atoms with van der Waals surface area (Å²) < 4.78 is 7.14. The Kier molecular flexibility index (Phi) is 8.27. The number of thioether (sulfide) groups is 1. The van der Waals surface area contributed by atoms with Crippen molar-refractivity contribution in [3.63, 3.8) is 0 Å². The van der Waals surface area contributed by atoms with Crippen LogP contribution in [0.4, 0.5) is 11.5 Å². The molecule has 9 nitrogen and oxygen atoms in total. The molecule has 0 saturated heterocycles. The molecule has 2 aromatic rings. The number of nitrogens with one attached hydrogen (secondary N) is 1. The summed E-state index contributed by atoms with van der Waals surface area (Å²) in [5, 5.41) is 1.90. The standard InChI is InChI=1S/C17H25N5O4S2/c1-4-5-6-22-14(18)13(15(24)20-16(22)25)21(7-8-26-3)12(23)10-28-17-19-11(2)9-27-17/h9H,4-8,10,18H2,1-3H3,(H,20,24,25). The van der Waals surface area contributed by atoms with E-state index in [1.807, 2.05) is 19.2 Å². The van der Waals surface area contributed by atoms with Gasteiger partial charge in [0.25, 0.3) is 5.56 Å². The van der Waals surface area contributed by atoms with Crippen LogP contribution in [0, 0.1) is 6.92 Å². The Balaban J connectivity index is 2.34. The fourth-order valence-electron chi connectivity index (χ4n) is 2.52. The molecular formula is C17H25N5O4S2. The minimum Gasteiger partial charge on any atom is -0.383 e. The number of amides is 1. The Morgan fingerprint density at radius 2 is 2.21 bits per heavy atom. The quantitative estimate of drug-likeness (QED) is 0.550. The van der Waals surface area contributed by atoms with Gasteiger partial charge in [0, 0.05) is 31.3 Å². The summed E-state index contributed by atoms with van der Waals surface area (Å²) >= 11 is 2.75. The molecule has 0 aromatic carbocycles. The van der Waals surface area contributed by atoms with Crippen LogP contribution in [0.5, 0.6) is 0 Å². The maximum Gasteiger partial charge on any atom is 0.330 e. The van der Waals surface area contributed by atoms with Gasteiger partial charge >= 0.3 is 5.69 Å². The molecule has 28 heavy (non-hydrogen) atoms. The Labute approximate surface area is 170 Å². The Morgan fingerprint density at radius 1 is 1.46 bits per heavy atom. The number of aromatic nitrogens is 3. The van der Waals surface area contributed by atoms with Crippen molar-refractivity contribution < 1.29 is 9.53 Å². The van der Waals surface area contributed by atoms with E-state index in [1.165, 1.54) is 39.7 Å². The van der Waals surface area contributed by atoms with Crippen LogP contribution in [-0.4, -0.2) is 46.5 Å². The van der Waals surface area contributed by atoms with Gasteiger partial charge in [-0.25, -0.2) is 9.78 Å². The van der Waals surface area contributed by atoms with Crippen molar-refractivity contribution in [3.8, 4) is 0 Å². The highest BCUT2D eigenvalue weighted by Gasteiger charge is 2.24. The predicted octanol–water partition coefficient (Wildman–Crippen LogP) is 1.46. The largest absolute Gasteiger partial charge is 0.383 e. The molecule has 11 heteroatoms. The molecule has 0 radical (unpaired) electrons. The number of aromatic amines is 1. The van der Waals surface area contributed by atoms with Crippen molar-refractivity contribution in [2.75, 3.05) is 36.6 Å². The van der Waals surface area contributed by atoms with Crippen molar-refractivity contribution in [1.82, 2.24) is 14.5 Å². The lowest BCUT2D eigenvalue weighted by Gasteiger charge is -2.24. The summed E-state index contributed by atoms with van der Waals surface area (Å²) in [6.45, 7) is 4.60. The van der Waals surface area contributed by atoms with Crippen LogP contribution < -0.4 is 21.9 Å². The molecule has 0 aliphatic rings. The second-order valence-electron chi connectivity index (χ2n) is 6.08. The summed E-state index contributed by atoms with van der Waals surface area (Å²) in [6, 6.07) is 0. The van der Waals surface area contributed by atoms with Gasteiger partial charge in [-0.05, 0) is 13.3 Å². The first kappa shape index (κ1) is 22.2. The number of H-pyrrole nitrogens is 1. The van der Waals surface area contributed by atoms with Crippen LogP contribution in [-0.2, 0) is 16.1 Å². The number of carbonyl (C=O) groups excluding carboxylic acids is 1. The number of anilines is 2. The first-order chi connectivity index (χ1) is 13.4. The Bertz CT molecular complexity index is 921. The molecule has 2 aromatic heterocycles. The number of carbonyl (C=O) groups is 1. The Morgan fingerprint density at radius 3 is 2.82 bits per heavy atom. The average Bonchev–Trinajstić information content (AvgIpc) is 3.07. The van der Waals surface area contributed by atoms with Gasteiger partial charge in [0.2, 0.25) is 5.91 Å². The molecule has 0 aliphatic carbocycles. The van der Waals surface area contributed by atoms with Crippen molar-refractivity contribution in [3.05, 3.63) is 31.9 Å². The summed E-state index contributed by atoms with van der Waals surface area (Å²) in [5.74, 6) is -0.238. The highest BCUT2D eigenvalue weighted by atomic mass is 32.2. The van der Waals surface area contributed by atoms with Gasteiger partial charge in [0.05, 0.1) is 12.4 Å². The summed E-state index contributed by atoms with van der Waals surface area (Å²) in [4.78, 5) is 45.3. The average molecular weight is 428 g/mol. The van der Waals surface area contributed by atoms with E-state index in [2.05, 4.69) is 9.97 Å². The van der Waals surface area contributed by atoms with Crippen LogP contribution >= 0.6 is 23.1 Å². The molecule has 0 spiro atoms. The molecule has 2 heterocycles. The highest BCUT2D eigenvalue weighted by molar-refractivity contribution is 8.01. The number of nitrogens with zero attached hydrogens (tertiary/aromatic N) is 3. The number of nitrogen functional groups attached to an aromatic ring is 1. The number of hydrogen-bond donors (Lipinski definition) is 2. The highest BCUT2D eigenvalue weighted by Crippen LogP contribution is 2.24. The second kappa shape index (κ2) is 10.4. The zero-order chi connectivity index (χ0) is 20.7.